The molecule has 0 bridgehead atoms. The molecule has 1 amide bonds. The number of rotatable bonds is 11. The van der Waals surface area contributed by atoms with E-state index in [4.69, 9.17) is 16.3 Å². The number of sulfonamides is 1. The van der Waals surface area contributed by atoms with Crippen molar-refractivity contribution in [3.8, 4) is 5.75 Å². The standard InChI is InChI=1S/C25H27ClN2O4S2/c1-32-22-8-5-7-21(17-22)28(34(2,30)31)16-6-11-25(29)27-23-9-3-4-10-24(23)33-18-19-12-14-20(26)15-13-19/h3-5,7-10,12-15,17H,6,11,16,18H2,1-2H3,(H,27,29). The fourth-order valence-corrected chi connectivity index (χ4v) is 5.33. The third-order valence-corrected chi connectivity index (χ3v) is 7.57. The molecule has 3 rings (SSSR count). The van der Waals surface area contributed by atoms with Crippen LogP contribution in [0.1, 0.15) is 18.4 Å². The number of carbonyl (C=O) groups excluding carboxylic acids is 1. The van der Waals surface area contributed by atoms with E-state index in [-0.39, 0.29) is 18.9 Å². The predicted molar refractivity (Wildman–Crippen MR) is 141 cm³/mol. The number of hydrogen-bond acceptors (Lipinski definition) is 5. The van der Waals surface area contributed by atoms with Gasteiger partial charge in [0.25, 0.3) is 0 Å². The highest BCUT2D eigenvalue weighted by molar-refractivity contribution is 7.98. The van der Waals surface area contributed by atoms with Crippen LogP contribution >= 0.6 is 23.4 Å². The highest BCUT2D eigenvalue weighted by Crippen LogP contribution is 2.30. The normalized spacial score (nSPS) is 11.1. The highest BCUT2D eigenvalue weighted by Gasteiger charge is 2.18. The van der Waals surface area contributed by atoms with Crippen LogP contribution in [0, 0.1) is 0 Å². The van der Waals surface area contributed by atoms with E-state index < -0.39 is 10.0 Å². The first-order valence-electron chi connectivity index (χ1n) is 10.6. The molecule has 180 valence electrons. The Morgan fingerprint density at radius 2 is 1.79 bits per heavy atom. The van der Waals surface area contributed by atoms with Gasteiger partial charge in [-0.15, -0.1) is 11.8 Å². The first-order valence-corrected chi connectivity index (χ1v) is 13.9. The number of thioether (sulfide) groups is 1. The lowest BCUT2D eigenvalue weighted by Crippen LogP contribution is -2.31. The third-order valence-electron chi connectivity index (χ3n) is 4.98. The quantitative estimate of drug-likeness (QED) is 0.323. The van der Waals surface area contributed by atoms with E-state index in [0.29, 0.717) is 22.9 Å². The SMILES string of the molecule is COc1cccc(N(CCCC(=O)Nc2ccccc2SCc2ccc(Cl)cc2)S(C)(=O)=O)c1. The molecule has 0 radical (unpaired) electrons. The zero-order chi connectivity index (χ0) is 24.6. The summed E-state index contributed by atoms with van der Waals surface area (Å²) in [6.45, 7) is 0.187. The summed E-state index contributed by atoms with van der Waals surface area (Å²) in [7, 11) is -1.98. The average Bonchev–Trinajstić information content (AvgIpc) is 2.81. The number of nitrogens with zero attached hydrogens (tertiary/aromatic N) is 1. The molecular weight excluding hydrogens is 492 g/mol. The van der Waals surface area contributed by atoms with Gasteiger partial charge in [-0.2, -0.15) is 0 Å². The number of halogens is 1. The lowest BCUT2D eigenvalue weighted by atomic mass is 10.2. The van der Waals surface area contributed by atoms with Crippen molar-refractivity contribution >= 4 is 50.7 Å². The molecule has 0 saturated heterocycles. The number of para-hydroxylation sites is 1. The zero-order valence-electron chi connectivity index (χ0n) is 19.0. The van der Waals surface area contributed by atoms with E-state index >= 15 is 0 Å². The van der Waals surface area contributed by atoms with Gasteiger partial charge in [-0.3, -0.25) is 9.10 Å². The van der Waals surface area contributed by atoms with Crippen LogP contribution in [-0.4, -0.2) is 34.2 Å². The summed E-state index contributed by atoms with van der Waals surface area (Å²) in [4.78, 5) is 13.6. The van der Waals surface area contributed by atoms with E-state index in [1.54, 1.807) is 36.0 Å². The zero-order valence-corrected chi connectivity index (χ0v) is 21.4. The summed E-state index contributed by atoms with van der Waals surface area (Å²) in [5, 5.41) is 3.65. The Morgan fingerprint density at radius 3 is 2.50 bits per heavy atom. The number of carbonyl (C=O) groups is 1. The number of hydrogen-bond donors (Lipinski definition) is 1. The maximum absolute atomic E-state index is 12.6. The van der Waals surface area contributed by atoms with E-state index in [0.717, 1.165) is 28.2 Å². The summed E-state index contributed by atoms with van der Waals surface area (Å²) < 4.78 is 31.1. The molecule has 0 atom stereocenters. The van der Waals surface area contributed by atoms with Gasteiger partial charge in [0.2, 0.25) is 15.9 Å². The molecule has 0 unspecified atom stereocenters. The van der Waals surface area contributed by atoms with Gasteiger partial charge in [-0.25, -0.2) is 8.42 Å². The summed E-state index contributed by atoms with van der Waals surface area (Å²) in [5.41, 5.74) is 2.37. The third kappa shape index (κ3) is 7.68. The molecule has 0 fully saturated rings. The van der Waals surface area contributed by atoms with Crippen molar-refractivity contribution in [2.75, 3.05) is 29.5 Å². The van der Waals surface area contributed by atoms with E-state index in [9.17, 15) is 13.2 Å². The molecule has 0 spiro atoms. The lowest BCUT2D eigenvalue weighted by molar-refractivity contribution is -0.116. The minimum atomic E-state index is -3.51. The second-order valence-electron chi connectivity index (χ2n) is 7.60. The number of ether oxygens (including phenoxy) is 1. The molecule has 0 aliphatic carbocycles. The van der Waals surface area contributed by atoms with Crippen LogP contribution in [0.4, 0.5) is 11.4 Å². The van der Waals surface area contributed by atoms with Crippen LogP contribution < -0.4 is 14.4 Å². The maximum Gasteiger partial charge on any atom is 0.232 e. The van der Waals surface area contributed by atoms with Gasteiger partial charge in [0.15, 0.2) is 0 Å². The monoisotopic (exact) mass is 518 g/mol. The molecule has 0 aliphatic rings. The number of amides is 1. The fourth-order valence-electron chi connectivity index (χ4n) is 3.29. The first-order chi connectivity index (χ1) is 16.3. The fraction of sp³-hybridized carbons (Fsp3) is 0.240. The molecule has 34 heavy (non-hydrogen) atoms. The van der Waals surface area contributed by atoms with Gasteiger partial charge in [0.1, 0.15) is 5.75 Å². The smallest absolute Gasteiger partial charge is 0.232 e. The van der Waals surface area contributed by atoms with Crippen molar-refractivity contribution in [2.45, 2.75) is 23.5 Å². The van der Waals surface area contributed by atoms with Gasteiger partial charge in [-0.05, 0) is 48.4 Å². The number of nitrogens with one attached hydrogen (secondary N) is 1. The van der Waals surface area contributed by atoms with Crippen molar-refractivity contribution in [1.29, 1.82) is 0 Å². The van der Waals surface area contributed by atoms with E-state index in [2.05, 4.69) is 5.32 Å². The van der Waals surface area contributed by atoms with Gasteiger partial charge in [0, 0.05) is 34.7 Å². The lowest BCUT2D eigenvalue weighted by Gasteiger charge is -2.22. The van der Waals surface area contributed by atoms with Crippen LogP contribution in [0.15, 0.2) is 77.7 Å². The molecule has 6 nitrogen and oxygen atoms in total. The second-order valence-corrected chi connectivity index (χ2v) is 11.0. The van der Waals surface area contributed by atoms with E-state index in [1.807, 2.05) is 48.5 Å². The summed E-state index contributed by atoms with van der Waals surface area (Å²) in [6.07, 6.45) is 1.71. The largest absolute Gasteiger partial charge is 0.497 e. The van der Waals surface area contributed by atoms with Gasteiger partial charge < -0.3 is 10.1 Å². The predicted octanol–water partition coefficient (Wildman–Crippen LogP) is 5.83. The summed E-state index contributed by atoms with van der Waals surface area (Å²) in [5.74, 6) is 1.14. The molecule has 3 aromatic rings. The Kier molecular flexibility index (Phi) is 9.27. The number of methoxy groups -OCH3 is 1. The van der Waals surface area contributed by atoms with Gasteiger partial charge in [0.05, 0.1) is 24.7 Å². The minimum absolute atomic E-state index is 0.168. The Hall–Kier alpha value is -2.68. The Morgan fingerprint density at radius 1 is 1.06 bits per heavy atom. The topological polar surface area (TPSA) is 75.7 Å². The number of benzene rings is 3. The molecule has 0 heterocycles. The van der Waals surface area contributed by atoms with Gasteiger partial charge in [-0.1, -0.05) is 41.9 Å². The van der Waals surface area contributed by atoms with Crippen LogP contribution in [0.3, 0.4) is 0 Å². The Labute approximate surface area is 210 Å². The molecule has 0 saturated carbocycles. The molecular formula is C25H27ClN2O4S2. The van der Waals surface area contributed by atoms with Crippen LogP contribution in [0.25, 0.3) is 0 Å². The number of anilines is 2. The highest BCUT2D eigenvalue weighted by atomic mass is 35.5. The average molecular weight is 519 g/mol. The first kappa shape index (κ1) is 25.9. The maximum atomic E-state index is 12.6. The van der Waals surface area contributed by atoms with Crippen molar-refractivity contribution in [3.05, 3.63) is 83.4 Å². The Bertz CT molecular complexity index is 1220. The van der Waals surface area contributed by atoms with Crippen LogP contribution in [0.2, 0.25) is 5.02 Å². The summed E-state index contributed by atoms with van der Waals surface area (Å²) >= 11 is 7.57. The minimum Gasteiger partial charge on any atom is -0.497 e. The van der Waals surface area contributed by atoms with E-state index in [1.165, 1.54) is 11.4 Å². The second kappa shape index (κ2) is 12.1. The molecule has 0 aromatic heterocycles. The van der Waals surface area contributed by atoms with Crippen molar-refractivity contribution < 1.29 is 17.9 Å². The Balaban J connectivity index is 1.58. The van der Waals surface area contributed by atoms with Crippen molar-refractivity contribution in [3.63, 3.8) is 0 Å². The van der Waals surface area contributed by atoms with Crippen LogP contribution in [0.5, 0.6) is 5.75 Å². The van der Waals surface area contributed by atoms with Gasteiger partial charge >= 0.3 is 0 Å². The van der Waals surface area contributed by atoms with Crippen LogP contribution in [-0.2, 0) is 20.6 Å². The molecule has 3 aromatic carbocycles. The molecule has 0 aliphatic heterocycles. The molecule has 9 heteroatoms. The summed E-state index contributed by atoms with van der Waals surface area (Å²) in [6, 6.07) is 22.1. The molecule has 1 N–H and O–H groups in total. The van der Waals surface area contributed by atoms with Crippen molar-refractivity contribution in [2.24, 2.45) is 0 Å². The van der Waals surface area contributed by atoms with Crippen molar-refractivity contribution in [1.82, 2.24) is 0 Å².